The Labute approximate surface area is 96.9 Å². The third kappa shape index (κ3) is 5.53. The molecule has 16 heavy (non-hydrogen) atoms. The van der Waals surface area contributed by atoms with E-state index in [0.29, 0.717) is 6.42 Å². The largest absolute Gasteiger partial charge is 0.356 e. The predicted octanol–water partition coefficient (Wildman–Crippen LogP) is 2.04. The molecule has 0 aromatic carbocycles. The predicted molar refractivity (Wildman–Crippen MR) is 64.1 cm³/mol. The van der Waals surface area contributed by atoms with Gasteiger partial charge in [-0.15, -0.1) is 0 Å². The minimum Gasteiger partial charge on any atom is -0.356 e. The monoisotopic (exact) mass is 223 g/mol. The van der Waals surface area contributed by atoms with Crippen LogP contribution in [0.1, 0.15) is 44.7 Å². The lowest BCUT2D eigenvalue weighted by molar-refractivity contribution is -0.121. The third-order valence-electron chi connectivity index (χ3n) is 2.53. The van der Waals surface area contributed by atoms with Crippen LogP contribution in [-0.4, -0.2) is 22.4 Å². The summed E-state index contributed by atoms with van der Waals surface area (Å²) < 4.78 is 0. The van der Waals surface area contributed by atoms with Crippen molar-refractivity contribution >= 4 is 5.91 Å². The summed E-state index contributed by atoms with van der Waals surface area (Å²) in [7, 11) is 0. The maximum absolute atomic E-state index is 11.4. The average molecular weight is 223 g/mol. The highest BCUT2D eigenvalue weighted by Crippen LogP contribution is 1.99. The van der Waals surface area contributed by atoms with Gasteiger partial charge in [-0.25, -0.2) is 4.98 Å². The van der Waals surface area contributed by atoms with E-state index in [4.69, 9.17) is 0 Å². The Morgan fingerprint density at radius 3 is 3.00 bits per heavy atom. The van der Waals surface area contributed by atoms with Crippen LogP contribution >= 0.6 is 0 Å². The Morgan fingerprint density at radius 1 is 1.44 bits per heavy atom. The highest BCUT2D eigenvalue weighted by molar-refractivity contribution is 5.76. The molecule has 1 amide bonds. The number of aryl methyl sites for hydroxylation is 1. The molecule has 90 valence electrons. The summed E-state index contributed by atoms with van der Waals surface area (Å²) in [6.07, 6.45) is 9.45. The second-order valence-corrected chi connectivity index (χ2v) is 3.99. The normalized spacial score (nSPS) is 10.3. The lowest BCUT2D eigenvalue weighted by Gasteiger charge is -2.03. The van der Waals surface area contributed by atoms with Crippen LogP contribution in [0.3, 0.4) is 0 Å². The Kier molecular flexibility index (Phi) is 6.30. The number of hydrogen-bond acceptors (Lipinski definition) is 2. The van der Waals surface area contributed by atoms with Crippen LogP contribution < -0.4 is 5.32 Å². The second-order valence-electron chi connectivity index (χ2n) is 3.99. The minimum atomic E-state index is 0.131. The zero-order valence-electron chi connectivity index (χ0n) is 9.96. The molecule has 0 aliphatic carbocycles. The first kappa shape index (κ1) is 12.7. The molecule has 0 radical (unpaired) electrons. The fraction of sp³-hybridized carbons (Fsp3) is 0.667. The number of H-pyrrole nitrogens is 1. The van der Waals surface area contributed by atoms with Crippen LogP contribution in [0.15, 0.2) is 12.5 Å². The molecule has 0 bridgehead atoms. The average Bonchev–Trinajstić information content (AvgIpc) is 2.79. The van der Waals surface area contributed by atoms with Crippen molar-refractivity contribution in [2.75, 3.05) is 6.54 Å². The number of nitrogens with zero attached hydrogens (tertiary/aromatic N) is 1. The van der Waals surface area contributed by atoms with E-state index in [1.807, 2.05) is 0 Å². The molecule has 0 unspecified atom stereocenters. The molecule has 0 aliphatic heterocycles. The lowest BCUT2D eigenvalue weighted by Crippen LogP contribution is -2.24. The molecule has 1 heterocycles. The molecule has 0 saturated carbocycles. The van der Waals surface area contributed by atoms with Crippen LogP contribution in [0.5, 0.6) is 0 Å². The maximum atomic E-state index is 11.4. The molecule has 0 atom stereocenters. The SMILES string of the molecule is CCCCCCNC(=O)CCc1cnc[nH]1. The second kappa shape index (κ2) is 7.91. The number of aromatic nitrogens is 2. The van der Waals surface area contributed by atoms with Crippen LogP contribution in [0, 0.1) is 0 Å². The van der Waals surface area contributed by atoms with Gasteiger partial charge in [-0.1, -0.05) is 26.2 Å². The first-order chi connectivity index (χ1) is 7.83. The van der Waals surface area contributed by atoms with Crippen molar-refractivity contribution in [2.45, 2.75) is 45.4 Å². The molecule has 4 nitrogen and oxygen atoms in total. The summed E-state index contributed by atoms with van der Waals surface area (Å²) in [6.45, 7) is 2.99. The van der Waals surface area contributed by atoms with E-state index in [0.717, 1.165) is 25.1 Å². The fourth-order valence-electron chi connectivity index (χ4n) is 1.54. The van der Waals surface area contributed by atoms with E-state index in [1.54, 1.807) is 12.5 Å². The van der Waals surface area contributed by atoms with Crippen LogP contribution in [0.4, 0.5) is 0 Å². The number of rotatable bonds is 8. The number of amides is 1. The molecule has 1 aromatic heterocycles. The summed E-state index contributed by atoms with van der Waals surface area (Å²) in [5.74, 6) is 0.131. The number of imidazole rings is 1. The molecular weight excluding hydrogens is 202 g/mol. The molecule has 2 N–H and O–H groups in total. The number of aromatic amines is 1. The molecule has 0 saturated heterocycles. The molecule has 1 rings (SSSR count). The van der Waals surface area contributed by atoms with Crippen LogP contribution in [0.25, 0.3) is 0 Å². The van der Waals surface area contributed by atoms with Crippen molar-refractivity contribution in [1.82, 2.24) is 15.3 Å². The van der Waals surface area contributed by atoms with Gasteiger partial charge in [0.25, 0.3) is 0 Å². The highest BCUT2D eigenvalue weighted by Gasteiger charge is 2.01. The number of unbranched alkanes of at least 4 members (excludes halogenated alkanes) is 3. The van der Waals surface area contributed by atoms with Gasteiger partial charge in [0.2, 0.25) is 5.91 Å². The third-order valence-corrected chi connectivity index (χ3v) is 2.53. The Balaban J connectivity index is 1.99. The quantitative estimate of drug-likeness (QED) is 0.663. The Hall–Kier alpha value is -1.32. The van der Waals surface area contributed by atoms with E-state index in [-0.39, 0.29) is 5.91 Å². The number of carbonyl (C=O) groups is 1. The van der Waals surface area contributed by atoms with Crippen molar-refractivity contribution in [3.05, 3.63) is 18.2 Å². The molecule has 0 spiro atoms. The van der Waals surface area contributed by atoms with Crippen molar-refractivity contribution < 1.29 is 4.79 Å². The minimum absolute atomic E-state index is 0.131. The molecular formula is C12H21N3O. The van der Waals surface area contributed by atoms with E-state index < -0.39 is 0 Å². The van der Waals surface area contributed by atoms with E-state index in [1.165, 1.54) is 19.3 Å². The number of hydrogen-bond donors (Lipinski definition) is 2. The number of nitrogens with one attached hydrogen (secondary N) is 2. The van der Waals surface area contributed by atoms with Gasteiger partial charge in [-0.3, -0.25) is 4.79 Å². The summed E-state index contributed by atoms with van der Waals surface area (Å²) in [4.78, 5) is 18.3. The van der Waals surface area contributed by atoms with Crippen molar-refractivity contribution in [3.8, 4) is 0 Å². The molecule has 4 heteroatoms. The molecule has 0 aliphatic rings. The summed E-state index contributed by atoms with van der Waals surface area (Å²) >= 11 is 0. The van der Waals surface area contributed by atoms with Gasteiger partial charge in [0.1, 0.15) is 0 Å². The van der Waals surface area contributed by atoms with Gasteiger partial charge in [-0.05, 0) is 12.8 Å². The van der Waals surface area contributed by atoms with Gasteiger partial charge in [-0.2, -0.15) is 0 Å². The van der Waals surface area contributed by atoms with Crippen molar-refractivity contribution in [2.24, 2.45) is 0 Å². The summed E-state index contributed by atoms with van der Waals surface area (Å²) in [5, 5.41) is 2.93. The zero-order chi connectivity index (χ0) is 11.6. The first-order valence-electron chi connectivity index (χ1n) is 6.07. The van der Waals surface area contributed by atoms with Gasteiger partial charge in [0, 0.05) is 24.9 Å². The highest BCUT2D eigenvalue weighted by atomic mass is 16.1. The van der Waals surface area contributed by atoms with Gasteiger partial charge >= 0.3 is 0 Å². The summed E-state index contributed by atoms with van der Waals surface area (Å²) in [6, 6.07) is 0. The van der Waals surface area contributed by atoms with E-state index in [9.17, 15) is 4.79 Å². The van der Waals surface area contributed by atoms with Crippen molar-refractivity contribution in [3.63, 3.8) is 0 Å². The van der Waals surface area contributed by atoms with E-state index in [2.05, 4.69) is 22.2 Å². The van der Waals surface area contributed by atoms with Gasteiger partial charge < -0.3 is 10.3 Å². The zero-order valence-corrected chi connectivity index (χ0v) is 9.96. The van der Waals surface area contributed by atoms with Crippen molar-refractivity contribution in [1.29, 1.82) is 0 Å². The van der Waals surface area contributed by atoms with Gasteiger partial charge in [0.15, 0.2) is 0 Å². The number of carbonyl (C=O) groups excluding carboxylic acids is 1. The molecule has 1 aromatic rings. The Morgan fingerprint density at radius 2 is 2.31 bits per heavy atom. The summed E-state index contributed by atoms with van der Waals surface area (Å²) in [5.41, 5.74) is 1.01. The maximum Gasteiger partial charge on any atom is 0.220 e. The Bertz CT molecular complexity index is 282. The molecule has 0 fully saturated rings. The van der Waals surface area contributed by atoms with E-state index >= 15 is 0 Å². The standard InChI is InChI=1S/C12H21N3O/c1-2-3-4-5-8-14-12(16)7-6-11-9-13-10-15-11/h9-10H,2-8H2,1H3,(H,13,15)(H,14,16). The topological polar surface area (TPSA) is 57.8 Å². The van der Waals surface area contributed by atoms with Gasteiger partial charge in [0.05, 0.1) is 6.33 Å². The lowest BCUT2D eigenvalue weighted by atomic mass is 10.2. The van der Waals surface area contributed by atoms with Crippen LogP contribution in [0.2, 0.25) is 0 Å². The fourth-order valence-corrected chi connectivity index (χ4v) is 1.54. The first-order valence-corrected chi connectivity index (χ1v) is 6.07. The smallest absolute Gasteiger partial charge is 0.220 e. The van der Waals surface area contributed by atoms with Crippen LogP contribution in [-0.2, 0) is 11.2 Å².